The number of carbonyl (C=O) groups is 1. The largest absolute Gasteiger partial charge is 0.488 e. The molecule has 1 aromatic carbocycles. The van der Waals surface area contributed by atoms with Gasteiger partial charge < -0.3 is 15.4 Å². The number of amides is 1. The fourth-order valence-electron chi connectivity index (χ4n) is 1.33. The van der Waals surface area contributed by atoms with Crippen LogP contribution in [-0.2, 0) is 4.79 Å². The van der Waals surface area contributed by atoms with Crippen molar-refractivity contribution in [1.82, 2.24) is 0 Å². The van der Waals surface area contributed by atoms with Crippen LogP contribution in [0.2, 0.25) is 0 Å². The number of nitrogens with two attached hydrogens (primary N) is 1. The van der Waals surface area contributed by atoms with Crippen molar-refractivity contribution in [2.24, 2.45) is 5.73 Å². The topological polar surface area (TPSA) is 55.6 Å². The van der Waals surface area contributed by atoms with Gasteiger partial charge in [0.15, 0.2) is 11.6 Å². The van der Waals surface area contributed by atoms with Gasteiger partial charge in [-0.1, -0.05) is 0 Å². The van der Waals surface area contributed by atoms with Crippen LogP contribution in [0, 0.1) is 5.82 Å². The van der Waals surface area contributed by atoms with Crippen LogP contribution in [0.3, 0.4) is 0 Å². The minimum Gasteiger partial charge on any atom is -0.488 e. The van der Waals surface area contributed by atoms with Gasteiger partial charge in [-0.15, -0.1) is 0 Å². The molecule has 1 amide bonds. The molecule has 5 heteroatoms. The molecule has 4 nitrogen and oxygen atoms in total. The van der Waals surface area contributed by atoms with Gasteiger partial charge in [0, 0.05) is 18.8 Å². The summed E-state index contributed by atoms with van der Waals surface area (Å²) in [5.74, 6) is -0.591. The molecule has 0 unspecified atom stereocenters. The Morgan fingerprint density at radius 1 is 1.53 bits per heavy atom. The normalized spacial score (nSPS) is 10.5. The van der Waals surface area contributed by atoms with E-state index in [0.717, 1.165) is 0 Å². The lowest BCUT2D eigenvalue weighted by Crippen LogP contribution is -2.32. The van der Waals surface area contributed by atoms with Gasteiger partial charge in [0.05, 0.1) is 12.6 Å². The van der Waals surface area contributed by atoms with Crippen LogP contribution < -0.4 is 15.4 Å². The zero-order valence-electron chi connectivity index (χ0n) is 10.2. The Bertz CT molecular complexity index is 407. The average Bonchev–Trinajstić information content (AvgIpc) is 2.29. The summed E-state index contributed by atoms with van der Waals surface area (Å²) in [4.78, 5) is 12.6. The number of likely N-dealkylation sites (N-methyl/N-ethyl adjacent to an activating group) is 1. The second kappa shape index (κ2) is 5.63. The van der Waals surface area contributed by atoms with Crippen molar-refractivity contribution in [3.8, 4) is 5.75 Å². The third-order valence-electron chi connectivity index (χ3n) is 2.21. The summed E-state index contributed by atoms with van der Waals surface area (Å²) in [5.41, 5.74) is 5.69. The molecule has 0 aliphatic carbocycles. The highest BCUT2D eigenvalue weighted by Gasteiger charge is 2.12. The van der Waals surface area contributed by atoms with Crippen molar-refractivity contribution in [3.63, 3.8) is 0 Å². The van der Waals surface area contributed by atoms with Crippen LogP contribution >= 0.6 is 0 Å². The molecule has 0 radical (unpaired) electrons. The fourth-order valence-corrected chi connectivity index (χ4v) is 1.33. The highest BCUT2D eigenvalue weighted by Crippen LogP contribution is 2.24. The summed E-state index contributed by atoms with van der Waals surface area (Å²) < 4.78 is 18.9. The molecule has 0 aromatic heterocycles. The van der Waals surface area contributed by atoms with Gasteiger partial charge in [0.25, 0.3) is 0 Å². The highest BCUT2D eigenvalue weighted by molar-refractivity contribution is 5.94. The van der Waals surface area contributed by atoms with E-state index in [1.165, 1.54) is 17.0 Å². The van der Waals surface area contributed by atoms with Gasteiger partial charge in [0.2, 0.25) is 5.91 Å². The van der Waals surface area contributed by atoms with Gasteiger partial charge in [-0.2, -0.15) is 0 Å². The first-order chi connectivity index (χ1) is 7.95. The number of ether oxygens (including phenoxy) is 1. The van der Waals surface area contributed by atoms with Crippen molar-refractivity contribution >= 4 is 11.6 Å². The number of nitrogens with zero attached hydrogens (tertiary/aromatic N) is 1. The monoisotopic (exact) mass is 240 g/mol. The molecule has 94 valence electrons. The molecule has 0 aliphatic heterocycles. The Morgan fingerprint density at radius 2 is 2.18 bits per heavy atom. The molecular formula is C12H17FN2O2. The molecular weight excluding hydrogens is 223 g/mol. The van der Waals surface area contributed by atoms with E-state index >= 15 is 0 Å². The quantitative estimate of drug-likeness (QED) is 0.868. The summed E-state index contributed by atoms with van der Waals surface area (Å²) in [6.45, 7) is 3.53. The lowest BCUT2D eigenvalue weighted by Gasteiger charge is -2.18. The lowest BCUT2D eigenvalue weighted by atomic mass is 10.2. The zero-order chi connectivity index (χ0) is 13.0. The minimum absolute atomic E-state index is 0.0984. The van der Waals surface area contributed by atoms with Gasteiger partial charge in [-0.25, -0.2) is 4.39 Å². The fraction of sp³-hybridized carbons (Fsp3) is 0.417. The third kappa shape index (κ3) is 3.42. The van der Waals surface area contributed by atoms with E-state index in [0.29, 0.717) is 5.69 Å². The van der Waals surface area contributed by atoms with E-state index < -0.39 is 5.82 Å². The zero-order valence-corrected chi connectivity index (χ0v) is 10.2. The number of hydrogen-bond donors (Lipinski definition) is 1. The Labute approximate surface area is 100 Å². The summed E-state index contributed by atoms with van der Waals surface area (Å²) in [6.07, 6.45) is -0.0984. The van der Waals surface area contributed by atoms with E-state index in [2.05, 4.69) is 0 Å². The predicted octanol–water partition coefficient (Wildman–Crippen LogP) is 1.53. The van der Waals surface area contributed by atoms with Crippen molar-refractivity contribution < 1.29 is 13.9 Å². The average molecular weight is 240 g/mol. The molecule has 0 aliphatic rings. The molecule has 1 aromatic rings. The van der Waals surface area contributed by atoms with Crippen LogP contribution in [0.1, 0.15) is 13.8 Å². The summed E-state index contributed by atoms with van der Waals surface area (Å²) in [7, 11) is 1.55. The maximum atomic E-state index is 13.6. The maximum Gasteiger partial charge on any atom is 0.240 e. The number of rotatable bonds is 4. The minimum atomic E-state index is -0.493. The molecule has 1 rings (SSSR count). The molecule has 2 N–H and O–H groups in total. The predicted molar refractivity (Wildman–Crippen MR) is 64.6 cm³/mol. The van der Waals surface area contributed by atoms with Gasteiger partial charge in [0.1, 0.15) is 0 Å². The molecule has 0 bridgehead atoms. The molecule has 0 saturated carbocycles. The van der Waals surface area contributed by atoms with E-state index in [4.69, 9.17) is 10.5 Å². The summed E-state index contributed by atoms with van der Waals surface area (Å²) in [6, 6.07) is 4.38. The molecule has 0 saturated heterocycles. The first-order valence-electron chi connectivity index (χ1n) is 5.38. The van der Waals surface area contributed by atoms with Crippen LogP contribution in [-0.4, -0.2) is 25.6 Å². The van der Waals surface area contributed by atoms with Crippen molar-refractivity contribution in [1.29, 1.82) is 0 Å². The smallest absolute Gasteiger partial charge is 0.240 e. The standard InChI is InChI=1S/C12H17FN2O2/c1-8(2)17-11-5-4-9(6-10(11)13)15(3)12(16)7-14/h4-6,8H,7,14H2,1-3H3. The molecule has 0 fully saturated rings. The van der Waals surface area contributed by atoms with E-state index in [9.17, 15) is 9.18 Å². The Kier molecular flexibility index (Phi) is 4.45. The lowest BCUT2D eigenvalue weighted by molar-refractivity contribution is -0.117. The molecule has 0 heterocycles. The van der Waals surface area contributed by atoms with Crippen LogP contribution in [0.4, 0.5) is 10.1 Å². The Morgan fingerprint density at radius 3 is 2.65 bits per heavy atom. The number of carbonyl (C=O) groups excluding carboxylic acids is 1. The summed E-state index contributed by atoms with van der Waals surface area (Å²) >= 11 is 0. The van der Waals surface area contributed by atoms with Gasteiger partial charge >= 0.3 is 0 Å². The number of benzene rings is 1. The first kappa shape index (κ1) is 13.4. The molecule has 0 spiro atoms. The van der Waals surface area contributed by atoms with Crippen molar-refractivity contribution in [3.05, 3.63) is 24.0 Å². The van der Waals surface area contributed by atoms with Gasteiger partial charge in [-0.05, 0) is 26.0 Å². The Balaban J connectivity index is 2.92. The van der Waals surface area contributed by atoms with Gasteiger partial charge in [-0.3, -0.25) is 4.79 Å². The van der Waals surface area contributed by atoms with E-state index in [1.54, 1.807) is 13.1 Å². The summed E-state index contributed by atoms with van der Waals surface area (Å²) in [5, 5.41) is 0. The van der Waals surface area contributed by atoms with Crippen molar-refractivity contribution in [2.45, 2.75) is 20.0 Å². The second-order valence-electron chi connectivity index (χ2n) is 3.94. The van der Waals surface area contributed by atoms with Crippen LogP contribution in [0.25, 0.3) is 0 Å². The number of hydrogen-bond acceptors (Lipinski definition) is 3. The first-order valence-corrected chi connectivity index (χ1v) is 5.38. The van der Waals surface area contributed by atoms with Crippen LogP contribution in [0.5, 0.6) is 5.75 Å². The second-order valence-corrected chi connectivity index (χ2v) is 3.94. The Hall–Kier alpha value is -1.62. The highest BCUT2D eigenvalue weighted by atomic mass is 19.1. The van der Waals surface area contributed by atoms with E-state index in [-0.39, 0.29) is 24.3 Å². The van der Waals surface area contributed by atoms with Crippen molar-refractivity contribution in [2.75, 3.05) is 18.5 Å². The number of halogens is 1. The number of anilines is 1. The molecule has 17 heavy (non-hydrogen) atoms. The van der Waals surface area contributed by atoms with Crippen LogP contribution in [0.15, 0.2) is 18.2 Å². The third-order valence-corrected chi connectivity index (χ3v) is 2.21. The SMILES string of the molecule is CC(C)Oc1ccc(N(C)C(=O)CN)cc1F. The maximum absolute atomic E-state index is 13.6. The molecule has 0 atom stereocenters. The van der Waals surface area contributed by atoms with E-state index in [1.807, 2.05) is 13.8 Å².